The Kier molecular flexibility index (Phi) is 4.44. The lowest BCUT2D eigenvalue weighted by atomic mass is 10.2. The number of rotatable bonds is 5. The van der Waals surface area contributed by atoms with Gasteiger partial charge in [-0.05, 0) is 24.6 Å². The summed E-state index contributed by atoms with van der Waals surface area (Å²) in [6.07, 6.45) is 2.48. The van der Waals surface area contributed by atoms with Crippen molar-refractivity contribution in [2.24, 2.45) is 0 Å². The normalized spacial score (nSPS) is 11.6. The number of carboxylic acid groups (broad SMARTS) is 1. The fourth-order valence-corrected chi connectivity index (χ4v) is 2.49. The molecule has 0 aliphatic heterocycles. The highest BCUT2D eigenvalue weighted by atomic mass is 32.2. The van der Waals surface area contributed by atoms with E-state index in [0.29, 0.717) is 0 Å². The van der Waals surface area contributed by atoms with Gasteiger partial charge >= 0.3 is 5.97 Å². The highest BCUT2D eigenvalue weighted by Crippen LogP contribution is 2.13. The molecule has 0 bridgehead atoms. The van der Waals surface area contributed by atoms with Crippen LogP contribution in [0.15, 0.2) is 53.5 Å². The first-order valence-electron chi connectivity index (χ1n) is 5.21. The Morgan fingerprint density at radius 2 is 2.11 bits per heavy atom. The van der Waals surface area contributed by atoms with Gasteiger partial charge in [0, 0.05) is 0 Å². The zero-order valence-electron chi connectivity index (χ0n) is 9.96. The second-order valence-corrected chi connectivity index (χ2v) is 5.86. The summed E-state index contributed by atoms with van der Waals surface area (Å²) in [5, 5.41) is 8.56. The van der Waals surface area contributed by atoms with Gasteiger partial charge in [-0.1, -0.05) is 30.9 Å². The smallest absolute Gasteiger partial charge is 0.335 e. The van der Waals surface area contributed by atoms with Crippen molar-refractivity contribution in [1.82, 2.24) is 0 Å². The number of aryl methyl sites for hydroxylation is 1. The second-order valence-electron chi connectivity index (χ2n) is 3.83. The van der Waals surface area contributed by atoms with Crippen LogP contribution in [0.25, 0.3) is 0 Å². The van der Waals surface area contributed by atoms with Crippen molar-refractivity contribution in [3.8, 4) is 0 Å². The summed E-state index contributed by atoms with van der Waals surface area (Å²) in [6.45, 7) is 5.09. The number of carboxylic acids is 1. The van der Waals surface area contributed by atoms with Crippen LogP contribution in [0.2, 0.25) is 0 Å². The third-order valence-electron chi connectivity index (χ3n) is 2.26. The number of sulfone groups is 1. The molecule has 0 fully saturated rings. The maximum Gasteiger partial charge on any atom is 0.335 e. The minimum Gasteiger partial charge on any atom is -0.478 e. The monoisotopic (exact) mass is 266 g/mol. The summed E-state index contributed by atoms with van der Waals surface area (Å²) in [4.78, 5) is 10.7. The first kappa shape index (κ1) is 14.2. The molecule has 4 nitrogen and oxygen atoms in total. The Morgan fingerprint density at radius 3 is 2.67 bits per heavy atom. The molecule has 0 spiro atoms. The van der Waals surface area contributed by atoms with Gasteiger partial charge in [-0.15, -0.1) is 0 Å². The predicted molar refractivity (Wildman–Crippen MR) is 69.1 cm³/mol. The molecule has 0 aromatic heterocycles. The molecule has 0 saturated carbocycles. The summed E-state index contributed by atoms with van der Waals surface area (Å²) in [7, 11) is -3.42. The van der Waals surface area contributed by atoms with Crippen LogP contribution in [0.3, 0.4) is 0 Å². The number of benzene rings is 1. The standard InChI is InChI=1S/C13H14O4S/c1-10-5-3-7-12(9-10)18(16,17)8-4-6-11(2)13(14)15/h3-7,9H,2,8H2,1H3,(H,14,15). The molecule has 1 aromatic carbocycles. The fourth-order valence-electron chi connectivity index (χ4n) is 1.29. The van der Waals surface area contributed by atoms with E-state index >= 15 is 0 Å². The summed E-state index contributed by atoms with van der Waals surface area (Å²) < 4.78 is 23.8. The van der Waals surface area contributed by atoms with Crippen molar-refractivity contribution in [2.45, 2.75) is 11.8 Å². The van der Waals surface area contributed by atoms with Crippen molar-refractivity contribution in [2.75, 3.05) is 5.75 Å². The molecule has 0 aliphatic carbocycles. The van der Waals surface area contributed by atoms with Crippen molar-refractivity contribution in [3.05, 3.63) is 54.1 Å². The van der Waals surface area contributed by atoms with E-state index in [1.54, 1.807) is 25.1 Å². The molecular weight excluding hydrogens is 252 g/mol. The number of aliphatic carboxylic acids is 1. The Labute approximate surface area is 106 Å². The molecule has 1 rings (SSSR count). The van der Waals surface area contributed by atoms with Gasteiger partial charge in [0.2, 0.25) is 0 Å². The zero-order chi connectivity index (χ0) is 13.8. The van der Waals surface area contributed by atoms with E-state index in [-0.39, 0.29) is 16.2 Å². The number of hydrogen-bond acceptors (Lipinski definition) is 3. The summed E-state index contributed by atoms with van der Waals surface area (Å²) in [5.41, 5.74) is 0.712. The third-order valence-corrected chi connectivity index (χ3v) is 3.86. The van der Waals surface area contributed by atoms with Crippen LogP contribution >= 0.6 is 0 Å². The fraction of sp³-hybridized carbons (Fsp3) is 0.154. The molecule has 0 unspecified atom stereocenters. The van der Waals surface area contributed by atoms with Crippen molar-refractivity contribution >= 4 is 15.8 Å². The average molecular weight is 266 g/mol. The molecule has 5 heteroatoms. The lowest BCUT2D eigenvalue weighted by molar-refractivity contribution is -0.132. The van der Waals surface area contributed by atoms with Gasteiger partial charge in [0.1, 0.15) is 0 Å². The van der Waals surface area contributed by atoms with Gasteiger partial charge < -0.3 is 5.11 Å². The van der Waals surface area contributed by atoms with Gasteiger partial charge in [-0.3, -0.25) is 0 Å². The third kappa shape index (κ3) is 3.85. The van der Waals surface area contributed by atoms with Gasteiger partial charge in [0.25, 0.3) is 0 Å². The molecule has 1 N–H and O–H groups in total. The van der Waals surface area contributed by atoms with E-state index in [4.69, 9.17) is 5.11 Å². The molecule has 0 atom stereocenters. The molecule has 0 saturated heterocycles. The van der Waals surface area contributed by atoms with Crippen LogP contribution < -0.4 is 0 Å². The molecule has 0 radical (unpaired) electrons. The Morgan fingerprint density at radius 1 is 1.44 bits per heavy atom. The summed E-state index contributed by atoms with van der Waals surface area (Å²) >= 11 is 0. The largest absolute Gasteiger partial charge is 0.478 e. The minimum atomic E-state index is -3.42. The van der Waals surface area contributed by atoms with Crippen molar-refractivity contribution < 1.29 is 18.3 Å². The lowest BCUT2D eigenvalue weighted by Gasteiger charge is -2.02. The molecule has 96 valence electrons. The second kappa shape index (κ2) is 5.64. The Hall–Kier alpha value is -1.88. The predicted octanol–water partition coefficient (Wildman–Crippen LogP) is 1.97. The molecular formula is C13H14O4S. The van der Waals surface area contributed by atoms with Crippen LogP contribution in [-0.4, -0.2) is 25.2 Å². The quantitative estimate of drug-likeness (QED) is 0.653. The maximum atomic E-state index is 11.9. The molecule has 1 aromatic rings. The maximum absolute atomic E-state index is 11.9. The summed E-state index contributed by atoms with van der Waals surface area (Å²) in [6, 6.07) is 6.57. The number of carbonyl (C=O) groups is 1. The van der Waals surface area contributed by atoms with E-state index in [0.717, 1.165) is 5.56 Å². The van der Waals surface area contributed by atoms with Gasteiger partial charge in [0.05, 0.1) is 16.2 Å². The molecule has 18 heavy (non-hydrogen) atoms. The zero-order valence-corrected chi connectivity index (χ0v) is 10.8. The highest BCUT2D eigenvalue weighted by molar-refractivity contribution is 7.91. The average Bonchev–Trinajstić information content (AvgIpc) is 2.28. The van der Waals surface area contributed by atoms with E-state index in [2.05, 4.69) is 6.58 Å². The topological polar surface area (TPSA) is 71.4 Å². The van der Waals surface area contributed by atoms with Gasteiger partial charge in [-0.2, -0.15) is 0 Å². The van der Waals surface area contributed by atoms with Gasteiger partial charge in [-0.25, -0.2) is 13.2 Å². The highest BCUT2D eigenvalue weighted by Gasteiger charge is 2.12. The van der Waals surface area contributed by atoms with E-state index in [1.165, 1.54) is 18.2 Å². The Balaban J connectivity index is 2.84. The van der Waals surface area contributed by atoms with Gasteiger partial charge in [0.15, 0.2) is 9.84 Å². The molecule has 0 aliphatic rings. The van der Waals surface area contributed by atoms with E-state index < -0.39 is 15.8 Å². The van der Waals surface area contributed by atoms with Crippen LogP contribution in [0.5, 0.6) is 0 Å². The van der Waals surface area contributed by atoms with Crippen LogP contribution in [0.4, 0.5) is 0 Å². The van der Waals surface area contributed by atoms with Crippen molar-refractivity contribution in [3.63, 3.8) is 0 Å². The SMILES string of the molecule is C=C(C=CCS(=O)(=O)c1cccc(C)c1)C(=O)O. The van der Waals surface area contributed by atoms with Crippen LogP contribution in [-0.2, 0) is 14.6 Å². The Bertz CT molecular complexity index is 597. The summed E-state index contributed by atoms with van der Waals surface area (Å²) in [5.74, 6) is -1.41. The lowest BCUT2D eigenvalue weighted by Crippen LogP contribution is -2.05. The first-order chi connectivity index (χ1) is 8.33. The molecule has 0 amide bonds. The van der Waals surface area contributed by atoms with Crippen molar-refractivity contribution in [1.29, 1.82) is 0 Å². The van der Waals surface area contributed by atoms with Crippen LogP contribution in [0, 0.1) is 6.92 Å². The number of hydrogen-bond donors (Lipinski definition) is 1. The van der Waals surface area contributed by atoms with E-state index in [1.807, 2.05) is 0 Å². The minimum absolute atomic E-state index is 0.144. The molecule has 0 heterocycles. The van der Waals surface area contributed by atoms with Crippen LogP contribution in [0.1, 0.15) is 5.56 Å². The first-order valence-corrected chi connectivity index (χ1v) is 6.86. The van der Waals surface area contributed by atoms with E-state index in [9.17, 15) is 13.2 Å².